The zero-order valence-electron chi connectivity index (χ0n) is 11.1. The largest absolute Gasteiger partial charge is 0.464 e. The van der Waals surface area contributed by atoms with E-state index in [1.807, 2.05) is 31.2 Å². The maximum atomic E-state index is 11.6. The van der Waals surface area contributed by atoms with Gasteiger partial charge in [0, 0.05) is 0 Å². The summed E-state index contributed by atoms with van der Waals surface area (Å²) in [6.07, 6.45) is 0. The number of carbonyl (C=O) groups excluding carboxylic acids is 2. The summed E-state index contributed by atoms with van der Waals surface area (Å²) in [6.45, 7) is 3.79. The smallest absolute Gasteiger partial charge is 0.354 e. The summed E-state index contributed by atoms with van der Waals surface area (Å²) in [7, 11) is 1.29. The summed E-state index contributed by atoms with van der Waals surface area (Å²) in [6, 6.07) is 7.08. The normalized spacial score (nSPS) is 18.7. The van der Waals surface area contributed by atoms with Crippen LogP contribution < -0.4 is 10.6 Å². The highest BCUT2D eigenvalue weighted by Gasteiger charge is 2.29. The number of ether oxygens (including phenoxy) is 1. The second-order valence-electron chi connectivity index (χ2n) is 4.49. The van der Waals surface area contributed by atoms with Crippen LogP contribution in [0.2, 0.25) is 0 Å². The van der Waals surface area contributed by atoms with Crippen LogP contribution in [0.5, 0.6) is 0 Å². The van der Waals surface area contributed by atoms with Gasteiger partial charge in [0.2, 0.25) is 0 Å². The predicted octanol–water partition coefficient (Wildman–Crippen LogP) is 1.80. The van der Waals surface area contributed by atoms with Gasteiger partial charge in [-0.05, 0) is 25.0 Å². The molecule has 2 N–H and O–H groups in total. The highest BCUT2D eigenvalue weighted by atomic mass is 16.5. The van der Waals surface area contributed by atoms with Gasteiger partial charge in [-0.1, -0.05) is 29.8 Å². The van der Waals surface area contributed by atoms with Gasteiger partial charge in [0.15, 0.2) is 0 Å². The van der Waals surface area contributed by atoms with Crippen LogP contribution in [0.4, 0.5) is 4.79 Å². The van der Waals surface area contributed by atoms with Crippen LogP contribution in [-0.4, -0.2) is 19.1 Å². The van der Waals surface area contributed by atoms with Crippen LogP contribution >= 0.6 is 0 Å². The van der Waals surface area contributed by atoms with E-state index in [1.54, 1.807) is 6.92 Å². The number of rotatable bonds is 2. The van der Waals surface area contributed by atoms with Gasteiger partial charge in [-0.15, -0.1) is 0 Å². The number of hydrogen-bond donors (Lipinski definition) is 2. The van der Waals surface area contributed by atoms with Crippen molar-refractivity contribution in [1.82, 2.24) is 10.6 Å². The first-order valence-electron chi connectivity index (χ1n) is 5.96. The number of methoxy groups -OCH3 is 1. The maximum Gasteiger partial charge on any atom is 0.354 e. The van der Waals surface area contributed by atoms with E-state index >= 15 is 0 Å². The highest BCUT2D eigenvalue weighted by molar-refractivity contribution is 5.96. The van der Waals surface area contributed by atoms with Gasteiger partial charge in [0.25, 0.3) is 0 Å². The molecule has 5 heteroatoms. The monoisotopic (exact) mass is 260 g/mol. The molecule has 1 aromatic carbocycles. The van der Waals surface area contributed by atoms with E-state index in [9.17, 15) is 9.59 Å². The quantitative estimate of drug-likeness (QED) is 0.797. The fourth-order valence-corrected chi connectivity index (χ4v) is 2.04. The number of benzene rings is 1. The fourth-order valence-electron chi connectivity index (χ4n) is 2.04. The van der Waals surface area contributed by atoms with Gasteiger partial charge in [-0.3, -0.25) is 0 Å². The summed E-state index contributed by atoms with van der Waals surface area (Å²) in [5.74, 6) is -0.538. The lowest BCUT2D eigenvalue weighted by Crippen LogP contribution is -2.45. The van der Waals surface area contributed by atoms with Crippen molar-refractivity contribution >= 4 is 12.0 Å². The molecular formula is C14H16N2O3. The van der Waals surface area contributed by atoms with Crippen LogP contribution in [-0.2, 0) is 9.53 Å². The molecule has 0 fully saturated rings. The Balaban J connectivity index is 2.41. The molecule has 0 aliphatic carbocycles. The van der Waals surface area contributed by atoms with Crippen molar-refractivity contribution in [2.45, 2.75) is 19.9 Å². The number of urea groups is 1. The topological polar surface area (TPSA) is 67.4 Å². The van der Waals surface area contributed by atoms with E-state index in [2.05, 4.69) is 15.4 Å². The van der Waals surface area contributed by atoms with E-state index in [1.165, 1.54) is 7.11 Å². The van der Waals surface area contributed by atoms with E-state index in [0.29, 0.717) is 0 Å². The zero-order valence-corrected chi connectivity index (χ0v) is 11.1. The van der Waals surface area contributed by atoms with E-state index in [0.717, 1.165) is 16.7 Å². The molecule has 2 rings (SSSR count). The SMILES string of the molecule is COC(=O)C1=C(C)C(c2ccc(C)cc2)NC(=O)N1. The number of carbonyl (C=O) groups is 2. The summed E-state index contributed by atoms with van der Waals surface area (Å²) >= 11 is 0. The van der Waals surface area contributed by atoms with Crippen molar-refractivity contribution in [1.29, 1.82) is 0 Å². The molecule has 1 unspecified atom stereocenters. The second-order valence-corrected chi connectivity index (χ2v) is 4.49. The Morgan fingerprint density at radius 1 is 1.21 bits per heavy atom. The van der Waals surface area contributed by atoms with Crippen LogP contribution in [0, 0.1) is 6.92 Å². The van der Waals surface area contributed by atoms with Crippen LogP contribution in [0.3, 0.4) is 0 Å². The van der Waals surface area contributed by atoms with Gasteiger partial charge in [0.05, 0.1) is 13.2 Å². The molecule has 0 aromatic heterocycles. The molecule has 2 amide bonds. The lowest BCUT2D eigenvalue weighted by atomic mass is 9.96. The first kappa shape index (κ1) is 13.1. The van der Waals surface area contributed by atoms with Crippen molar-refractivity contribution in [3.63, 3.8) is 0 Å². The number of esters is 1. The molecule has 100 valence electrons. The van der Waals surface area contributed by atoms with E-state index in [4.69, 9.17) is 0 Å². The predicted molar refractivity (Wildman–Crippen MR) is 70.3 cm³/mol. The molecule has 1 aromatic rings. The molecule has 0 saturated carbocycles. The summed E-state index contributed by atoms with van der Waals surface area (Å²) in [5, 5.41) is 5.28. The third-order valence-electron chi connectivity index (χ3n) is 3.14. The van der Waals surface area contributed by atoms with Gasteiger partial charge in [-0.2, -0.15) is 0 Å². The van der Waals surface area contributed by atoms with Crippen molar-refractivity contribution < 1.29 is 14.3 Å². The highest BCUT2D eigenvalue weighted by Crippen LogP contribution is 2.26. The molecule has 1 aliphatic heterocycles. The molecule has 1 aliphatic rings. The molecule has 0 spiro atoms. The summed E-state index contributed by atoms with van der Waals surface area (Å²) in [4.78, 5) is 23.3. The Kier molecular flexibility index (Phi) is 3.55. The van der Waals surface area contributed by atoms with Crippen molar-refractivity contribution in [3.8, 4) is 0 Å². The van der Waals surface area contributed by atoms with Crippen LogP contribution in [0.25, 0.3) is 0 Å². The standard InChI is InChI=1S/C14H16N2O3/c1-8-4-6-10(7-5-8)11-9(2)12(13(17)19-3)16-14(18)15-11/h4-7,11H,1-3H3,(H2,15,16,18). The number of nitrogens with one attached hydrogen (secondary N) is 2. The zero-order chi connectivity index (χ0) is 14.0. The minimum Gasteiger partial charge on any atom is -0.464 e. The van der Waals surface area contributed by atoms with Gasteiger partial charge in [0.1, 0.15) is 5.70 Å². The molecule has 0 bridgehead atoms. The second kappa shape index (κ2) is 5.14. The molecule has 0 radical (unpaired) electrons. The van der Waals surface area contributed by atoms with Gasteiger partial charge in [-0.25, -0.2) is 9.59 Å². The Labute approximate surface area is 111 Å². The first-order chi connectivity index (χ1) is 9.02. The molecular weight excluding hydrogens is 244 g/mol. The molecule has 1 heterocycles. The van der Waals surface area contributed by atoms with Crippen LogP contribution in [0.15, 0.2) is 35.5 Å². The minimum atomic E-state index is -0.538. The number of aryl methyl sites for hydroxylation is 1. The third kappa shape index (κ3) is 2.59. The third-order valence-corrected chi connectivity index (χ3v) is 3.14. The Morgan fingerprint density at radius 3 is 2.42 bits per heavy atom. The summed E-state index contributed by atoms with van der Waals surface area (Å²) in [5.41, 5.74) is 3.00. The van der Waals surface area contributed by atoms with Crippen molar-refractivity contribution in [2.24, 2.45) is 0 Å². The van der Waals surface area contributed by atoms with Crippen LogP contribution in [0.1, 0.15) is 24.1 Å². The van der Waals surface area contributed by atoms with Gasteiger partial charge < -0.3 is 15.4 Å². The van der Waals surface area contributed by atoms with Crippen molar-refractivity contribution in [3.05, 3.63) is 46.7 Å². The van der Waals surface area contributed by atoms with Crippen molar-refractivity contribution in [2.75, 3.05) is 7.11 Å². The fraction of sp³-hybridized carbons (Fsp3) is 0.286. The average Bonchev–Trinajstić information content (AvgIpc) is 2.41. The van der Waals surface area contributed by atoms with E-state index < -0.39 is 12.0 Å². The molecule has 0 saturated heterocycles. The summed E-state index contributed by atoms with van der Waals surface area (Å²) < 4.78 is 4.67. The number of hydrogen-bond acceptors (Lipinski definition) is 3. The molecule has 5 nitrogen and oxygen atoms in total. The minimum absolute atomic E-state index is 0.205. The Hall–Kier alpha value is -2.30. The first-order valence-corrected chi connectivity index (χ1v) is 5.96. The molecule has 19 heavy (non-hydrogen) atoms. The van der Waals surface area contributed by atoms with E-state index in [-0.39, 0.29) is 11.7 Å². The maximum absolute atomic E-state index is 11.6. The van der Waals surface area contributed by atoms with Gasteiger partial charge >= 0.3 is 12.0 Å². The lowest BCUT2D eigenvalue weighted by molar-refractivity contribution is -0.136. The lowest BCUT2D eigenvalue weighted by Gasteiger charge is -2.27. The number of amides is 2. The Bertz CT molecular complexity index is 546. The molecule has 1 atom stereocenters. The average molecular weight is 260 g/mol. The Morgan fingerprint density at radius 2 is 1.84 bits per heavy atom.